The second kappa shape index (κ2) is 14.6. The Bertz CT molecular complexity index is 1130. The zero-order chi connectivity index (χ0) is 26.6. The van der Waals surface area contributed by atoms with Gasteiger partial charge < -0.3 is 10.2 Å². The summed E-state index contributed by atoms with van der Waals surface area (Å²) in [6.07, 6.45) is 3.30. The Hall–Kier alpha value is -3.11. The van der Waals surface area contributed by atoms with Crippen molar-refractivity contribution in [2.45, 2.75) is 71.4 Å². The first-order valence-corrected chi connectivity index (χ1v) is 13.7. The van der Waals surface area contributed by atoms with Crippen molar-refractivity contribution in [3.05, 3.63) is 106 Å². The Morgan fingerprint density at radius 1 is 0.892 bits per heavy atom. The Morgan fingerprint density at radius 3 is 2.24 bits per heavy atom. The summed E-state index contributed by atoms with van der Waals surface area (Å²) < 4.78 is 0. The number of nitrogens with zero attached hydrogens (tertiary/aromatic N) is 1. The van der Waals surface area contributed by atoms with E-state index in [1.807, 2.05) is 54.6 Å². The van der Waals surface area contributed by atoms with E-state index in [1.165, 1.54) is 5.56 Å². The molecule has 37 heavy (non-hydrogen) atoms. The molecule has 1 unspecified atom stereocenters. The minimum absolute atomic E-state index is 0.0421. The molecule has 0 aromatic heterocycles. The minimum Gasteiger partial charge on any atom is -0.354 e. The largest absolute Gasteiger partial charge is 0.354 e. The molecular formula is C32H39ClN2O2. The smallest absolute Gasteiger partial charge is 0.243 e. The first-order valence-electron chi connectivity index (χ1n) is 13.3. The molecule has 3 aromatic carbocycles. The summed E-state index contributed by atoms with van der Waals surface area (Å²) in [6, 6.07) is 25.3. The maximum Gasteiger partial charge on any atom is 0.243 e. The second-order valence-corrected chi connectivity index (χ2v) is 10.3. The molecule has 0 saturated carbocycles. The normalized spacial score (nSPS) is 11.8. The zero-order valence-electron chi connectivity index (χ0n) is 22.3. The van der Waals surface area contributed by atoms with E-state index in [2.05, 4.69) is 50.4 Å². The number of halogens is 1. The number of carbonyl (C=O) groups is 2. The van der Waals surface area contributed by atoms with Crippen LogP contribution in [0.3, 0.4) is 0 Å². The number of hydrogen-bond acceptors (Lipinski definition) is 2. The van der Waals surface area contributed by atoms with E-state index >= 15 is 0 Å². The standard InChI is InChI=1S/C32H39ClN2O2/c1-4-5-20-34-32(37)30(22-26-10-7-6-8-11-26)35(23-27-12-9-13-29(33)21-27)31(36)19-16-25-14-17-28(18-15-25)24(2)3/h6-15,17-18,21,24,30H,4-5,16,19-20,22-23H2,1-3H3,(H,34,37). The molecule has 0 aliphatic carbocycles. The van der Waals surface area contributed by atoms with E-state index in [4.69, 9.17) is 11.6 Å². The fraction of sp³-hybridized carbons (Fsp3) is 0.375. The zero-order valence-corrected chi connectivity index (χ0v) is 23.0. The lowest BCUT2D eigenvalue weighted by molar-refractivity contribution is -0.141. The van der Waals surface area contributed by atoms with Crippen LogP contribution in [0.1, 0.15) is 68.2 Å². The van der Waals surface area contributed by atoms with Crippen molar-refractivity contribution in [2.24, 2.45) is 0 Å². The number of nitrogens with one attached hydrogen (secondary N) is 1. The van der Waals surface area contributed by atoms with Crippen molar-refractivity contribution in [1.29, 1.82) is 0 Å². The van der Waals surface area contributed by atoms with Crippen LogP contribution in [0.5, 0.6) is 0 Å². The monoisotopic (exact) mass is 518 g/mol. The van der Waals surface area contributed by atoms with Crippen LogP contribution in [0.15, 0.2) is 78.9 Å². The molecular weight excluding hydrogens is 480 g/mol. The van der Waals surface area contributed by atoms with E-state index in [0.29, 0.717) is 43.3 Å². The molecule has 3 aromatic rings. The van der Waals surface area contributed by atoms with Gasteiger partial charge in [0, 0.05) is 31.0 Å². The maximum absolute atomic E-state index is 13.8. The fourth-order valence-electron chi connectivity index (χ4n) is 4.36. The van der Waals surface area contributed by atoms with Gasteiger partial charge in [-0.05, 0) is 53.1 Å². The van der Waals surface area contributed by atoms with E-state index in [9.17, 15) is 9.59 Å². The van der Waals surface area contributed by atoms with Gasteiger partial charge in [-0.2, -0.15) is 0 Å². The number of benzene rings is 3. The molecule has 2 amide bonds. The first kappa shape index (κ1) is 28.5. The molecule has 0 radical (unpaired) electrons. The molecule has 1 atom stereocenters. The third kappa shape index (κ3) is 9.05. The highest BCUT2D eigenvalue weighted by Gasteiger charge is 2.30. The predicted molar refractivity (Wildman–Crippen MR) is 153 cm³/mol. The van der Waals surface area contributed by atoms with Gasteiger partial charge in [0.05, 0.1) is 0 Å². The van der Waals surface area contributed by atoms with Crippen molar-refractivity contribution in [3.8, 4) is 0 Å². The molecule has 3 rings (SSSR count). The summed E-state index contributed by atoms with van der Waals surface area (Å²) >= 11 is 6.26. The number of amides is 2. The highest BCUT2D eigenvalue weighted by Crippen LogP contribution is 2.20. The van der Waals surface area contributed by atoms with E-state index in [-0.39, 0.29) is 11.8 Å². The topological polar surface area (TPSA) is 49.4 Å². The lowest BCUT2D eigenvalue weighted by Crippen LogP contribution is -2.50. The molecule has 0 saturated heterocycles. The van der Waals surface area contributed by atoms with Crippen LogP contribution < -0.4 is 5.32 Å². The maximum atomic E-state index is 13.8. The summed E-state index contributed by atoms with van der Waals surface area (Å²) in [5.74, 6) is 0.308. The summed E-state index contributed by atoms with van der Waals surface area (Å²) in [5, 5.41) is 3.68. The van der Waals surface area contributed by atoms with Crippen molar-refractivity contribution in [2.75, 3.05) is 6.54 Å². The molecule has 0 aliphatic heterocycles. The molecule has 1 N–H and O–H groups in total. The number of hydrogen-bond donors (Lipinski definition) is 1. The van der Waals surface area contributed by atoms with Crippen LogP contribution in [0.4, 0.5) is 0 Å². The Kier molecular flexibility index (Phi) is 11.2. The quantitative estimate of drug-likeness (QED) is 0.249. The number of unbranched alkanes of at least 4 members (excludes halogenated alkanes) is 1. The van der Waals surface area contributed by atoms with Gasteiger partial charge in [0.1, 0.15) is 6.04 Å². The van der Waals surface area contributed by atoms with Gasteiger partial charge in [0.2, 0.25) is 11.8 Å². The van der Waals surface area contributed by atoms with Gasteiger partial charge in [-0.3, -0.25) is 9.59 Å². The van der Waals surface area contributed by atoms with Crippen LogP contribution >= 0.6 is 11.6 Å². The Balaban J connectivity index is 1.86. The van der Waals surface area contributed by atoms with Crippen molar-refractivity contribution in [1.82, 2.24) is 10.2 Å². The summed E-state index contributed by atoms with van der Waals surface area (Å²) in [6.45, 7) is 7.36. The molecule has 5 heteroatoms. The fourth-order valence-corrected chi connectivity index (χ4v) is 4.57. The molecule has 0 spiro atoms. The van der Waals surface area contributed by atoms with Gasteiger partial charge in [0.25, 0.3) is 0 Å². The lowest BCUT2D eigenvalue weighted by atomic mass is 9.99. The summed E-state index contributed by atoms with van der Waals surface area (Å²) in [5.41, 5.74) is 4.32. The molecule has 0 bridgehead atoms. The Morgan fingerprint density at radius 2 is 1.59 bits per heavy atom. The van der Waals surface area contributed by atoms with E-state index < -0.39 is 6.04 Å². The average Bonchev–Trinajstić information content (AvgIpc) is 2.90. The molecule has 4 nitrogen and oxygen atoms in total. The predicted octanol–water partition coefficient (Wildman–Crippen LogP) is 6.95. The number of carbonyl (C=O) groups excluding carboxylic acids is 2. The summed E-state index contributed by atoms with van der Waals surface area (Å²) in [4.78, 5) is 29.0. The Labute approximate surface area is 227 Å². The van der Waals surface area contributed by atoms with Crippen LogP contribution in [0, 0.1) is 0 Å². The summed E-state index contributed by atoms with van der Waals surface area (Å²) in [7, 11) is 0. The van der Waals surface area contributed by atoms with E-state index in [0.717, 1.165) is 29.5 Å². The highest BCUT2D eigenvalue weighted by atomic mass is 35.5. The molecule has 0 heterocycles. The SMILES string of the molecule is CCCCNC(=O)C(Cc1ccccc1)N(Cc1cccc(Cl)c1)C(=O)CCc1ccc(C(C)C)cc1. The van der Waals surface area contributed by atoms with Crippen LogP contribution in [-0.2, 0) is 29.0 Å². The second-order valence-electron chi connectivity index (χ2n) is 9.90. The van der Waals surface area contributed by atoms with Crippen molar-refractivity contribution < 1.29 is 9.59 Å². The molecule has 0 fully saturated rings. The lowest BCUT2D eigenvalue weighted by Gasteiger charge is -2.32. The van der Waals surface area contributed by atoms with Gasteiger partial charge in [-0.15, -0.1) is 0 Å². The highest BCUT2D eigenvalue weighted by molar-refractivity contribution is 6.30. The van der Waals surface area contributed by atoms with E-state index in [1.54, 1.807) is 4.90 Å². The number of rotatable bonds is 13. The van der Waals surface area contributed by atoms with Gasteiger partial charge >= 0.3 is 0 Å². The van der Waals surface area contributed by atoms with Gasteiger partial charge in [0.15, 0.2) is 0 Å². The minimum atomic E-state index is -0.617. The third-order valence-electron chi connectivity index (χ3n) is 6.62. The van der Waals surface area contributed by atoms with Crippen LogP contribution in [0.25, 0.3) is 0 Å². The third-order valence-corrected chi connectivity index (χ3v) is 6.85. The van der Waals surface area contributed by atoms with Crippen LogP contribution in [-0.4, -0.2) is 29.3 Å². The van der Waals surface area contributed by atoms with Crippen molar-refractivity contribution in [3.63, 3.8) is 0 Å². The average molecular weight is 519 g/mol. The number of aryl methyl sites for hydroxylation is 1. The molecule has 196 valence electrons. The molecule has 0 aliphatic rings. The van der Waals surface area contributed by atoms with Crippen molar-refractivity contribution >= 4 is 23.4 Å². The first-order chi connectivity index (χ1) is 17.9. The van der Waals surface area contributed by atoms with Gasteiger partial charge in [-0.1, -0.05) is 106 Å². The van der Waals surface area contributed by atoms with Gasteiger partial charge in [-0.25, -0.2) is 0 Å². The van der Waals surface area contributed by atoms with Crippen LogP contribution in [0.2, 0.25) is 5.02 Å².